The molecule has 0 aromatic carbocycles. The van der Waals surface area contributed by atoms with Crippen LogP contribution in [0, 0.1) is 0 Å². The van der Waals surface area contributed by atoms with Gasteiger partial charge in [-0.3, -0.25) is 18.6 Å². The number of rotatable bonds is 24. The smallest absolute Gasteiger partial charge is 0.790 e. The molecule has 0 spiro atoms. The summed E-state index contributed by atoms with van der Waals surface area (Å²) in [4.78, 5) is 82.6. The quantitative estimate of drug-likeness (QED) is 0.0398. The Morgan fingerprint density at radius 2 is 1.10 bits per heavy atom. The molecule has 51 heavy (non-hydrogen) atoms. The summed E-state index contributed by atoms with van der Waals surface area (Å²) in [7, 11) is -19.4. The molecule has 1 saturated carbocycles. The van der Waals surface area contributed by atoms with Crippen LogP contribution < -0.4 is 138 Å². The molecule has 1 unspecified atom stereocenters. The first kappa shape index (κ1) is 23.8. The van der Waals surface area contributed by atoms with E-state index >= 15 is 0 Å². The minimum Gasteiger partial charge on any atom is -0.790 e. The molecule has 4 N–H and O–H groups in total. The van der Waals surface area contributed by atoms with E-state index in [0.29, 0.717) is 0 Å². The number of hydrogen-bond acceptors (Lipinski definition) is 18. The summed E-state index contributed by atoms with van der Waals surface area (Å²) in [5, 5.41) is 31.5. The van der Waals surface area contributed by atoms with Crippen molar-refractivity contribution in [2.45, 2.75) is 133 Å². The Labute approximate surface area is 428 Å². The molecule has 0 aromatic heterocycles. The monoisotopic (exact) mass is 864 g/mol. The molecule has 278 valence electrons. The molecule has 0 aromatic rings. The molecule has 0 bridgehead atoms. The first-order valence-electron chi connectivity index (χ1n) is 26.6. The standard InChI is InChI=1S/C25H49O19P3.4Na/c1-3-5-7-9-11-13-18(26)39-15-17(41-19(27)14-12-10-8-6-4-2)16-40-47(37,38)44-23-20(28)21(29)24(42-45(31,32)33)25(22(23)30)43-46(34,35)36;;;;/h17,20-25,28-30H,3-16H2,1-2H3,(H,37,38)(H2,31,32,33)(H2,34,35,36);;;;/q;4*+1/p-4/t17-,20-,21+,22+,23-,24-,25-;;;;/m1..../s1/i1D3,2D3,3D2,4D2,5D2,6D2,7D2,8D2,9D2,10D2,11D2,12D2,13D2,14D2;;;;. The second-order valence-electron chi connectivity index (χ2n) is 7.97. The van der Waals surface area contributed by atoms with E-state index < -0.39 is 182 Å². The minimum atomic E-state index is -6.52. The van der Waals surface area contributed by atoms with Gasteiger partial charge in [0.15, 0.2) is 6.10 Å². The Bertz CT molecular complexity index is 2310. The predicted molar refractivity (Wildman–Crippen MR) is 151 cm³/mol. The van der Waals surface area contributed by atoms with Crippen molar-refractivity contribution in [3.63, 3.8) is 0 Å². The molecule has 26 heteroatoms. The Hall–Kier alpha value is 3.15. The van der Waals surface area contributed by atoms with Gasteiger partial charge in [0.2, 0.25) is 0 Å². The van der Waals surface area contributed by atoms with E-state index in [0.717, 1.165) is 0 Å². The van der Waals surface area contributed by atoms with Crippen molar-refractivity contribution in [1.82, 2.24) is 0 Å². The van der Waals surface area contributed by atoms with Gasteiger partial charge in [0.25, 0.3) is 0 Å². The van der Waals surface area contributed by atoms with E-state index in [1.807, 2.05) is 0 Å². The molecule has 0 saturated heterocycles. The van der Waals surface area contributed by atoms with Crippen molar-refractivity contribution < 1.29 is 250 Å². The fourth-order valence-corrected chi connectivity index (χ4v) is 5.11. The van der Waals surface area contributed by atoms with Crippen molar-refractivity contribution in [2.75, 3.05) is 13.2 Å². The third kappa shape index (κ3) is 27.5. The SMILES string of the molecule is [2H]C([2H])([2H])C([2H])([2H])C([2H])([2H])C([2H])([2H])C([2H])([2H])C([2H])([2H])C([2H])([2H])C(=O)OC[C@H](COP(=O)(O)O[C@@H]1[C@H](O)[C@H](O)[C@@H](OP(=O)([O-])[O-])[C@H](OP(=O)([O-])[O-])[C@H]1O)OC(=O)C([2H])([2H])C([2H])([2H])C([2H])([2H])C([2H])([2H])C([2H])([2H])C([2H])([2H])C([2H])([2H])[2H].[Na+].[Na+].[Na+].[Na+]. The first-order valence-corrected chi connectivity index (χ1v) is 16.1. The van der Waals surface area contributed by atoms with Crippen LogP contribution in [0.1, 0.15) is 131 Å². The maximum Gasteiger partial charge on any atom is 1.00 e. The number of hydrogen-bond donors (Lipinski definition) is 4. The average Bonchev–Trinajstić information content (AvgIpc) is 3.21. The molecule has 1 aliphatic rings. The molecular formula is C25H45Na4O19P3. The topological polar surface area (TPSA) is 314 Å². The van der Waals surface area contributed by atoms with Crippen LogP contribution in [-0.4, -0.2) is 88.1 Å². The first-order chi connectivity index (χ1) is 33.1. The second kappa shape index (κ2) is 31.1. The third-order valence-corrected chi connectivity index (χ3v) is 6.69. The molecular weight excluding hydrogens is 789 g/mol. The van der Waals surface area contributed by atoms with E-state index in [9.17, 15) is 63.1 Å². The summed E-state index contributed by atoms with van der Waals surface area (Å²) >= 11 is 0. The maximum absolute atomic E-state index is 13.5. The minimum absolute atomic E-state index is 0. The van der Waals surface area contributed by atoms with Crippen LogP contribution in [0.4, 0.5) is 0 Å². The fourth-order valence-electron chi connectivity index (χ4n) is 3.05. The zero-order valence-corrected chi connectivity index (χ0v) is 37.4. The van der Waals surface area contributed by atoms with Gasteiger partial charge in [0, 0.05) is 53.9 Å². The Balaban J connectivity index is -0.00000741. The van der Waals surface area contributed by atoms with E-state index in [-0.39, 0.29) is 118 Å². The van der Waals surface area contributed by atoms with E-state index in [1.165, 1.54) is 0 Å². The normalized spacial score (nSPS) is 36.2. The number of carbonyl (C=O) groups excluding carboxylic acids is 2. The Morgan fingerprint density at radius 1 is 0.667 bits per heavy atom. The van der Waals surface area contributed by atoms with Gasteiger partial charge in [-0.15, -0.1) is 0 Å². The summed E-state index contributed by atoms with van der Waals surface area (Å²) in [6.07, 6.45) is -79.5. The number of phosphoric acid groups is 3. The molecule has 0 amide bonds. The summed E-state index contributed by atoms with van der Waals surface area (Å²) in [5.41, 5.74) is 0. The molecule has 0 aliphatic heterocycles. The number of carbonyl (C=O) groups is 2. The van der Waals surface area contributed by atoms with Gasteiger partial charge in [-0.25, -0.2) is 4.57 Å². The van der Waals surface area contributed by atoms with Crippen molar-refractivity contribution in [3.05, 3.63) is 0 Å². The predicted octanol–water partition coefficient (Wildman–Crippen LogP) is -12.8. The molecule has 1 rings (SSSR count). The Morgan fingerprint density at radius 3 is 1.57 bits per heavy atom. The second-order valence-corrected chi connectivity index (χ2v) is 11.6. The number of esters is 2. The largest absolute Gasteiger partial charge is 1.00 e. The van der Waals surface area contributed by atoms with Crippen LogP contribution in [0.15, 0.2) is 0 Å². The van der Waals surface area contributed by atoms with Crippen molar-refractivity contribution >= 4 is 35.4 Å². The van der Waals surface area contributed by atoms with Crippen LogP contribution in [0.25, 0.3) is 0 Å². The maximum atomic E-state index is 13.5. The van der Waals surface area contributed by atoms with Crippen molar-refractivity contribution in [3.8, 4) is 0 Å². The summed E-state index contributed by atoms with van der Waals surface area (Å²) in [5.74, 6) is -5.88. The van der Waals surface area contributed by atoms with Crippen LogP contribution in [0.3, 0.4) is 0 Å². The fraction of sp³-hybridized carbons (Fsp3) is 0.920. The van der Waals surface area contributed by atoms with E-state index in [4.69, 9.17) is 41.1 Å². The van der Waals surface area contributed by atoms with Crippen LogP contribution >= 0.6 is 23.5 Å². The van der Waals surface area contributed by atoms with Gasteiger partial charge in [0.05, 0.1) is 22.3 Å². The van der Waals surface area contributed by atoms with Crippen LogP contribution in [0.5, 0.6) is 0 Å². The summed E-state index contributed by atoms with van der Waals surface area (Å²) < 4.78 is 297. The molecule has 0 heterocycles. The Kier molecular flexibility index (Phi) is 14.5. The zero-order chi connectivity index (χ0) is 62.4. The number of aliphatic hydroxyl groups excluding tert-OH is 3. The number of phosphoric ester groups is 3. The average molecular weight is 865 g/mol. The molecule has 1 aliphatic carbocycles. The zero-order valence-electron chi connectivity index (χ0n) is 56.7. The molecule has 19 nitrogen and oxygen atoms in total. The van der Waals surface area contributed by atoms with Crippen molar-refractivity contribution in [1.29, 1.82) is 0 Å². The van der Waals surface area contributed by atoms with Crippen molar-refractivity contribution in [2.24, 2.45) is 0 Å². The van der Waals surface area contributed by atoms with E-state index in [2.05, 4.69) is 27.6 Å². The number of aliphatic hydroxyl groups is 3. The van der Waals surface area contributed by atoms with Crippen LogP contribution in [0.2, 0.25) is 0 Å². The van der Waals surface area contributed by atoms with Gasteiger partial charge < -0.3 is 67.4 Å². The van der Waals surface area contributed by atoms with E-state index in [1.54, 1.807) is 0 Å². The van der Waals surface area contributed by atoms with Gasteiger partial charge in [0.1, 0.15) is 43.2 Å². The summed E-state index contributed by atoms with van der Waals surface area (Å²) in [6.45, 7) is -12.8. The molecule has 8 atom stereocenters. The van der Waals surface area contributed by atoms with Gasteiger partial charge in [-0.1, -0.05) is 64.7 Å². The van der Waals surface area contributed by atoms with Gasteiger partial charge in [-0.05, 0) is 12.7 Å². The third-order valence-electron chi connectivity index (χ3n) is 4.70. The van der Waals surface area contributed by atoms with Gasteiger partial charge in [-0.2, -0.15) is 0 Å². The number of ether oxygens (including phenoxy) is 2. The summed E-state index contributed by atoms with van der Waals surface area (Å²) in [6, 6.07) is 0. The molecule has 1 fully saturated rings. The molecule has 0 radical (unpaired) electrons. The van der Waals surface area contributed by atoms with Gasteiger partial charge >= 0.3 is 138 Å². The van der Waals surface area contributed by atoms with Crippen LogP contribution in [-0.2, 0) is 50.9 Å².